The van der Waals surface area contributed by atoms with Gasteiger partial charge in [-0.05, 0) is 12.8 Å². The number of hydrogen-bond donors (Lipinski definition) is 2. The molecule has 0 unspecified atom stereocenters. The molecule has 4 nitrogen and oxygen atoms in total. The van der Waals surface area contributed by atoms with Crippen molar-refractivity contribution in [3.63, 3.8) is 0 Å². The van der Waals surface area contributed by atoms with Gasteiger partial charge in [-0.3, -0.25) is 4.55 Å². The fraction of sp³-hybridized carbons (Fsp3) is 0.500. The quantitative estimate of drug-likeness (QED) is 0.410. The molecule has 0 fully saturated rings. The van der Waals surface area contributed by atoms with Gasteiger partial charge in [0.05, 0.1) is 6.26 Å². The minimum atomic E-state index is -3.67. The van der Waals surface area contributed by atoms with Crippen LogP contribution in [0.2, 0.25) is 0 Å². The van der Waals surface area contributed by atoms with Crippen LogP contribution >= 0.6 is 0 Å². The van der Waals surface area contributed by atoms with Crippen molar-refractivity contribution in [2.24, 2.45) is 0 Å². The van der Waals surface area contributed by atoms with Crippen LogP contribution in [0.5, 0.6) is 0 Å². The van der Waals surface area contributed by atoms with Gasteiger partial charge in [0.2, 0.25) is 0 Å². The van der Waals surface area contributed by atoms with E-state index in [-0.39, 0.29) is 6.61 Å². The zero-order valence-electron chi connectivity index (χ0n) is 7.68. The molecule has 78 valence electrons. The van der Waals surface area contributed by atoms with Crippen LogP contribution in [0.1, 0.15) is 12.8 Å². The maximum atomic E-state index is 9.19. The van der Waals surface area contributed by atoms with E-state index in [1.54, 1.807) is 6.08 Å². The number of aliphatic hydroxyl groups is 1. The summed E-state index contributed by atoms with van der Waals surface area (Å²) in [6.07, 6.45) is 8.12. The number of aliphatic hydroxyl groups excluding tert-OH is 1. The average Bonchev–Trinajstić information content (AvgIpc) is 1.95. The molecule has 0 aromatic carbocycles. The van der Waals surface area contributed by atoms with Crippen LogP contribution in [0.25, 0.3) is 0 Å². The van der Waals surface area contributed by atoms with Gasteiger partial charge in [0, 0.05) is 6.61 Å². The Balaban J connectivity index is 0. The lowest BCUT2D eigenvalue weighted by molar-refractivity contribution is 0.289. The van der Waals surface area contributed by atoms with E-state index in [2.05, 4.69) is 6.58 Å². The van der Waals surface area contributed by atoms with Crippen molar-refractivity contribution in [3.8, 4) is 0 Å². The molecule has 5 heteroatoms. The molecule has 0 aliphatic rings. The third kappa shape index (κ3) is 52.4. The molecule has 0 bridgehead atoms. The van der Waals surface area contributed by atoms with E-state index in [1.165, 1.54) is 0 Å². The Morgan fingerprint density at radius 3 is 2.23 bits per heavy atom. The number of hydrogen-bond acceptors (Lipinski definition) is 3. The molecule has 0 amide bonds. The Kier molecular flexibility index (Phi) is 10.8. The Bertz CT molecular complexity index is 221. The van der Waals surface area contributed by atoms with E-state index < -0.39 is 10.1 Å². The molecule has 2 N–H and O–H groups in total. The van der Waals surface area contributed by atoms with Crippen molar-refractivity contribution in [2.75, 3.05) is 12.9 Å². The minimum Gasteiger partial charge on any atom is -0.396 e. The first-order chi connectivity index (χ1) is 5.91. The molecule has 0 aliphatic heterocycles. The molecule has 0 aromatic heterocycles. The van der Waals surface area contributed by atoms with Crippen LogP contribution in [-0.4, -0.2) is 30.9 Å². The summed E-state index contributed by atoms with van der Waals surface area (Å²) in [5.74, 6) is 0. The summed E-state index contributed by atoms with van der Waals surface area (Å²) in [6, 6.07) is 0. The second kappa shape index (κ2) is 9.44. The molecule has 0 radical (unpaired) electrons. The summed E-state index contributed by atoms with van der Waals surface area (Å²) in [5, 5.41) is 8.31. The Labute approximate surface area is 79.3 Å². The third-order valence-corrected chi connectivity index (χ3v) is 0.801. The SMILES string of the molecule is C=C/C=C/CCCO.CS(=O)(=O)O. The van der Waals surface area contributed by atoms with Crippen molar-refractivity contribution < 1.29 is 18.1 Å². The number of unbranched alkanes of at least 4 members (excludes halogenated alkanes) is 1. The van der Waals surface area contributed by atoms with Gasteiger partial charge in [-0.25, -0.2) is 0 Å². The first-order valence-electron chi connectivity index (χ1n) is 3.72. The first kappa shape index (κ1) is 14.9. The monoisotopic (exact) mass is 208 g/mol. The fourth-order valence-electron chi connectivity index (χ4n) is 0.402. The maximum Gasteiger partial charge on any atom is 0.261 e. The highest BCUT2D eigenvalue weighted by atomic mass is 32.2. The molecule has 0 heterocycles. The minimum absolute atomic E-state index is 0.279. The summed E-state index contributed by atoms with van der Waals surface area (Å²) in [4.78, 5) is 0. The van der Waals surface area contributed by atoms with Gasteiger partial charge in [-0.2, -0.15) is 8.42 Å². The van der Waals surface area contributed by atoms with Crippen LogP contribution in [0.3, 0.4) is 0 Å². The van der Waals surface area contributed by atoms with Crippen LogP contribution in [-0.2, 0) is 10.1 Å². The lowest BCUT2D eigenvalue weighted by atomic mass is 10.3. The van der Waals surface area contributed by atoms with Gasteiger partial charge in [0.25, 0.3) is 10.1 Å². The fourth-order valence-corrected chi connectivity index (χ4v) is 0.402. The molecule has 0 rings (SSSR count). The van der Waals surface area contributed by atoms with Crippen molar-refractivity contribution in [1.82, 2.24) is 0 Å². The highest BCUT2D eigenvalue weighted by molar-refractivity contribution is 7.85. The molecule has 0 saturated heterocycles. The second-order valence-corrected chi connectivity index (χ2v) is 3.73. The van der Waals surface area contributed by atoms with Crippen LogP contribution in [0.4, 0.5) is 0 Å². The van der Waals surface area contributed by atoms with Crippen molar-refractivity contribution in [3.05, 3.63) is 24.8 Å². The summed E-state index contributed by atoms with van der Waals surface area (Å²) in [6.45, 7) is 3.79. The zero-order valence-corrected chi connectivity index (χ0v) is 8.50. The Hall–Kier alpha value is -0.650. The lowest BCUT2D eigenvalue weighted by Crippen LogP contribution is -1.88. The topological polar surface area (TPSA) is 74.6 Å². The molecule has 13 heavy (non-hydrogen) atoms. The van der Waals surface area contributed by atoms with Gasteiger partial charge in [0.1, 0.15) is 0 Å². The van der Waals surface area contributed by atoms with Crippen LogP contribution in [0.15, 0.2) is 24.8 Å². The predicted molar refractivity (Wildman–Crippen MR) is 53.1 cm³/mol. The number of allylic oxidation sites excluding steroid dienone is 3. The Morgan fingerprint density at radius 2 is 1.92 bits per heavy atom. The highest BCUT2D eigenvalue weighted by Crippen LogP contribution is 1.87. The molecule has 0 saturated carbocycles. The zero-order chi connectivity index (χ0) is 10.7. The van der Waals surface area contributed by atoms with Gasteiger partial charge in [-0.1, -0.05) is 24.8 Å². The smallest absolute Gasteiger partial charge is 0.261 e. The van der Waals surface area contributed by atoms with E-state index in [1.807, 2.05) is 12.2 Å². The highest BCUT2D eigenvalue weighted by Gasteiger charge is 1.81. The maximum absolute atomic E-state index is 9.19. The summed E-state index contributed by atoms with van der Waals surface area (Å²) >= 11 is 0. The van der Waals surface area contributed by atoms with Gasteiger partial charge in [-0.15, -0.1) is 0 Å². The van der Waals surface area contributed by atoms with Crippen LogP contribution < -0.4 is 0 Å². The normalized spacial score (nSPS) is 10.7. The second-order valence-electron chi connectivity index (χ2n) is 2.26. The number of rotatable bonds is 4. The van der Waals surface area contributed by atoms with Gasteiger partial charge in [0.15, 0.2) is 0 Å². The average molecular weight is 208 g/mol. The predicted octanol–water partition coefficient (Wildman–Crippen LogP) is 1.01. The van der Waals surface area contributed by atoms with Gasteiger partial charge >= 0.3 is 0 Å². The van der Waals surface area contributed by atoms with Gasteiger partial charge < -0.3 is 5.11 Å². The van der Waals surface area contributed by atoms with E-state index >= 15 is 0 Å². The molecule has 0 aromatic rings. The lowest BCUT2D eigenvalue weighted by Gasteiger charge is -1.84. The molecular weight excluding hydrogens is 192 g/mol. The van der Waals surface area contributed by atoms with Crippen molar-refractivity contribution >= 4 is 10.1 Å². The van der Waals surface area contributed by atoms with E-state index in [0.29, 0.717) is 6.26 Å². The molecule has 0 atom stereocenters. The van der Waals surface area contributed by atoms with Crippen LogP contribution in [0, 0.1) is 0 Å². The van der Waals surface area contributed by atoms with E-state index in [0.717, 1.165) is 12.8 Å². The molecule has 0 aliphatic carbocycles. The van der Waals surface area contributed by atoms with E-state index in [9.17, 15) is 8.42 Å². The summed E-state index contributed by atoms with van der Waals surface area (Å²) in [7, 11) is -3.67. The molecular formula is C8H16O4S. The van der Waals surface area contributed by atoms with E-state index in [4.69, 9.17) is 9.66 Å². The summed E-state index contributed by atoms with van der Waals surface area (Å²) < 4.78 is 25.9. The summed E-state index contributed by atoms with van der Waals surface area (Å²) in [5.41, 5.74) is 0. The standard InChI is InChI=1S/C7H12O.CH4O3S/c1-2-3-4-5-6-7-8;1-5(2,3)4/h2-4,8H,1,5-7H2;1H3,(H,2,3,4)/b4-3+;. The van der Waals surface area contributed by atoms with Crippen molar-refractivity contribution in [2.45, 2.75) is 12.8 Å². The Morgan fingerprint density at radius 1 is 1.46 bits per heavy atom. The third-order valence-electron chi connectivity index (χ3n) is 0.801. The first-order valence-corrected chi connectivity index (χ1v) is 5.57. The molecule has 0 spiro atoms. The van der Waals surface area contributed by atoms with Crippen molar-refractivity contribution in [1.29, 1.82) is 0 Å². The largest absolute Gasteiger partial charge is 0.396 e.